The van der Waals surface area contributed by atoms with Crippen LogP contribution in [0.25, 0.3) is 0 Å². The Morgan fingerprint density at radius 1 is 1.24 bits per heavy atom. The van der Waals surface area contributed by atoms with Crippen molar-refractivity contribution >= 4 is 5.69 Å². The van der Waals surface area contributed by atoms with Gasteiger partial charge in [0.2, 0.25) is 0 Å². The average Bonchev–Trinajstić information content (AvgIpc) is 2.61. The van der Waals surface area contributed by atoms with Gasteiger partial charge in [-0.25, -0.2) is 0 Å². The number of nitro benzene ring substituents is 1. The highest BCUT2D eigenvalue weighted by atomic mass is 16.6. The van der Waals surface area contributed by atoms with E-state index in [4.69, 9.17) is 9.47 Å². The number of rotatable bonds is 12. The Bertz CT molecular complexity index is 553. The zero-order valence-electron chi connectivity index (χ0n) is 15.9. The molecule has 1 aromatic carbocycles. The topological polar surface area (TPSA) is 61.6 Å². The van der Waals surface area contributed by atoms with Crippen LogP contribution in [0.4, 0.5) is 5.69 Å². The highest BCUT2D eigenvalue weighted by Gasteiger charge is 2.21. The van der Waals surface area contributed by atoms with Gasteiger partial charge in [0.1, 0.15) is 12.4 Å². The molecule has 0 aromatic heterocycles. The molecule has 1 aromatic rings. The van der Waals surface area contributed by atoms with E-state index in [0.717, 1.165) is 38.7 Å². The predicted octanol–water partition coefficient (Wildman–Crippen LogP) is 5.69. The van der Waals surface area contributed by atoms with Crippen molar-refractivity contribution in [1.29, 1.82) is 0 Å². The number of hydrogen-bond donors (Lipinski definition) is 0. The fraction of sp³-hybridized carbons (Fsp3) is 0.600. The lowest BCUT2D eigenvalue weighted by Gasteiger charge is -2.28. The molecule has 0 spiro atoms. The fourth-order valence-electron chi connectivity index (χ4n) is 2.73. The van der Waals surface area contributed by atoms with Gasteiger partial charge in [0, 0.05) is 18.7 Å². The first-order valence-corrected chi connectivity index (χ1v) is 9.13. The van der Waals surface area contributed by atoms with Gasteiger partial charge in [-0.1, -0.05) is 19.4 Å². The van der Waals surface area contributed by atoms with E-state index < -0.39 is 4.92 Å². The fourth-order valence-corrected chi connectivity index (χ4v) is 2.73. The monoisotopic (exact) mass is 349 g/mol. The molecular weight excluding hydrogens is 318 g/mol. The molecule has 140 valence electrons. The van der Waals surface area contributed by atoms with Crippen molar-refractivity contribution in [2.24, 2.45) is 0 Å². The minimum atomic E-state index is -0.412. The summed E-state index contributed by atoms with van der Waals surface area (Å²) in [5.41, 5.74) is 1.42. The summed E-state index contributed by atoms with van der Waals surface area (Å²) in [6.45, 7) is 9.79. The summed E-state index contributed by atoms with van der Waals surface area (Å²) in [7, 11) is 0. The molecule has 5 nitrogen and oxygen atoms in total. The van der Waals surface area contributed by atoms with Crippen molar-refractivity contribution in [2.45, 2.75) is 65.4 Å². The van der Waals surface area contributed by atoms with Crippen molar-refractivity contribution in [3.63, 3.8) is 0 Å². The van der Waals surface area contributed by atoms with Crippen LogP contribution in [0.1, 0.15) is 59.8 Å². The minimum Gasteiger partial charge on any atom is -0.490 e. The summed E-state index contributed by atoms with van der Waals surface area (Å²) in [6.07, 6.45) is 7.34. The predicted molar refractivity (Wildman–Crippen MR) is 101 cm³/mol. The van der Waals surface area contributed by atoms with Gasteiger partial charge in [-0.15, -0.1) is 0 Å². The van der Waals surface area contributed by atoms with Crippen LogP contribution in [0.3, 0.4) is 0 Å². The smallest absolute Gasteiger partial charge is 0.269 e. The van der Waals surface area contributed by atoms with Crippen molar-refractivity contribution in [3.8, 4) is 5.75 Å². The summed E-state index contributed by atoms with van der Waals surface area (Å²) in [5, 5.41) is 10.6. The molecule has 0 amide bonds. The largest absolute Gasteiger partial charge is 0.490 e. The van der Waals surface area contributed by atoms with Crippen LogP contribution in [0, 0.1) is 10.1 Å². The van der Waals surface area contributed by atoms with E-state index >= 15 is 0 Å². The van der Waals surface area contributed by atoms with E-state index in [9.17, 15) is 10.1 Å². The molecule has 1 unspecified atom stereocenters. The number of nitro groups is 1. The first kappa shape index (κ1) is 21.2. The van der Waals surface area contributed by atoms with Crippen LogP contribution < -0.4 is 4.74 Å². The molecule has 0 bridgehead atoms. The second-order valence-corrected chi connectivity index (χ2v) is 6.37. The lowest BCUT2D eigenvalue weighted by molar-refractivity contribution is -0.384. The molecule has 0 N–H and O–H groups in total. The summed E-state index contributed by atoms with van der Waals surface area (Å²) in [5.74, 6) is 0.646. The SMILES string of the molecule is CCOC(C)(CC)CCC/C(=C/COc1ccc([N+](=O)[O-])cc1)CC. The van der Waals surface area contributed by atoms with Crippen LogP contribution in [0.2, 0.25) is 0 Å². The van der Waals surface area contributed by atoms with Crippen molar-refractivity contribution in [1.82, 2.24) is 0 Å². The lowest BCUT2D eigenvalue weighted by Crippen LogP contribution is -2.27. The molecule has 25 heavy (non-hydrogen) atoms. The standard InChI is InChI=1S/C20H31NO4/c1-5-17(9-8-15-20(4,6-2)25-7-3)14-16-24-19-12-10-18(11-13-19)21(22)23/h10-14H,5-9,15-16H2,1-4H3/b17-14+. The molecule has 1 atom stereocenters. The van der Waals surface area contributed by atoms with E-state index in [1.807, 2.05) is 6.92 Å². The zero-order chi connectivity index (χ0) is 18.7. The molecule has 0 saturated carbocycles. The van der Waals surface area contributed by atoms with Crippen molar-refractivity contribution in [3.05, 3.63) is 46.0 Å². The van der Waals surface area contributed by atoms with Gasteiger partial charge in [-0.2, -0.15) is 0 Å². The number of allylic oxidation sites excluding steroid dienone is 1. The average molecular weight is 349 g/mol. The molecule has 0 saturated heterocycles. The third-order valence-corrected chi connectivity index (χ3v) is 4.57. The molecule has 5 heteroatoms. The molecule has 0 fully saturated rings. The van der Waals surface area contributed by atoms with E-state index in [1.165, 1.54) is 17.7 Å². The molecule has 0 radical (unpaired) electrons. The maximum atomic E-state index is 10.6. The second-order valence-electron chi connectivity index (χ2n) is 6.37. The Hall–Kier alpha value is -1.88. The van der Waals surface area contributed by atoms with Gasteiger partial charge in [0.05, 0.1) is 10.5 Å². The molecule has 0 aliphatic rings. The normalized spacial score (nSPS) is 14.2. The van der Waals surface area contributed by atoms with Crippen LogP contribution in [0.5, 0.6) is 5.75 Å². The zero-order valence-corrected chi connectivity index (χ0v) is 15.9. The molecule has 0 aliphatic heterocycles. The highest BCUT2D eigenvalue weighted by Crippen LogP contribution is 2.24. The van der Waals surface area contributed by atoms with E-state index in [0.29, 0.717) is 12.4 Å². The minimum absolute atomic E-state index is 0.0249. The molecule has 0 aliphatic carbocycles. The highest BCUT2D eigenvalue weighted by molar-refractivity contribution is 5.36. The van der Waals surface area contributed by atoms with Gasteiger partial charge in [0.15, 0.2) is 0 Å². The van der Waals surface area contributed by atoms with Gasteiger partial charge < -0.3 is 9.47 Å². The summed E-state index contributed by atoms with van der Waals surface area (Å²) >= 11 is 0. The number of benzene rings is 1. The quantitative estimate of drug-likeness (QED) is 0.276. The number of hydrogen-bond acceptors (Lipinski definition) is 4. The van der Waals surface area contributed by atoms with E-state index in [-0.39, 0.29) is 11.3 Å². The first-order valence-electron chi connectivity index (χ1n) is 9.13. The van der Waals surface area contributed by atoms with Gasteiger partial charge in [-0.05, 0) is 64.2 Å². The molecule has 0 heterocycles. The van der Waals surface area contributed by atoms with Crippen molar-refractivity contribution in [2.75, 3.05) is 13.2 Å². The third-order valence-electron chi connectivity index (χ3n) is 4.57. The molecule has 1 rings (SSSR count). The van der Waals surface area contributed by atoms with E-state index in [1.54, 1.807) is 12.1 Å². The maximum Gasteiger partial charge on any atom is 0.269 e. The number of ether oxygens (including phenoxy) is 2. The Morgan fingerprint density at radius 3 is 2.44 bits per heavy atom. The van der Waals surface area contributed by atoms with Gasteiger partial charge in [-0.3, -0.25) is 10.1 Å². The van der Waals surface area contributed by atoms with Gasteiger partial charge in [0.25, 0.3) is 5.69 Å². The van der Waals surface area contributed by atoms with Crippen LogP contribution in [0.15, 0.2) is 35.9 Å². The van der Waals surface area contributed by atoms with Crippen LogP contribution in [-0.4, -0.2) is 23.7 Å². The summed E-state index contributed by atoms with van der Waals surface area (Å²) < 4.78 is 11.5. The van der Waals surface area contributed by atoms with Crippen molar-refractivity contribution < 1.29 is 14.4 Å². The second kappa shape index (κ2) is 10.9. The Kier molecular flexibility index (Phi) is 9.21. The van der Waals surface area contributed by atoms with Gasteiger partial charge >= 0.3 is 0 Å². The number of non-ortho nitro benzene ring substituents is 1. The lowest BCUT2D eigenvalue weighted by atomic mass is 9.93. The Morgan fingerprint density at radius 2 is 1.92 bits per heavy atom. The third kappa shape index (κ3) is 7.69. The summed E-state index contributed by atoms with van der Waals surface area (Å²) in [4.78, 5) is 10.2. The molecular formula is C20H31NO4. The Labute approximate surface area is 151 Å². The van der Waals surface area contributed by atoms with Crippen LogP contribution >= 0.6 is 0 Å². The first-order chi connectivity index (χ1) is 11.9. The Balaban J connectivity index is 2.44. The summed E-state index contributed by atoms with van der Waals surface area (Å²) in [6, 6.07) is 6.18. The number of nitrogens with zero attached hydrogens (tertiary/aromatic N) is 1. The van der Waals surface area contributed by atoms with Crippen LogP contribution in [-0.2, 0) is 4.74 Å². The maximum absolute atomic E-state index is 10.6. The van der Waals surface area contributed by atoms with E-state index in [2.05, 4.69) is 26.8 Å².